The molecule has 23 heavy (non-hydrogen) atoms. The molecule has 1 atom stereocenters. The number of halogens is 2. The Balaban J connectivity index is 1.91. The number of likely N-dealkylation sites (tertiary alicyclic amines) is 1. The molecule has 1 aromatic rings. The van der Waals surface area contributed by atoms with E-state index in [9.17, 15) is 13.6 Å². The van der Waals surface area contributed by atoms with Gasteiger partial charge >= 0.3 is 6.09 Å². The molecule has 0 radical (unpaired) electrons. The van der Waals surface area contributed by atoms with E-state index in [4.69, 9.17) is 4.74 Å². The smallest absolute Gasteiger partial charge is 0.410 e. The van der Waals surface area contributed by atoms with Crippen LogP contribution in [0.5, 0.6) is 0 Å². The van der Waals surface area contributed by atoms with Crippen molar-refractivity contribution in [3.05, 3.63) is 35.9 Å². The molecule has 128 valence electrons. The zero-order chi connectivity index (χ0) is 17.1. The van der Waals surface area contributed by atoms with E-state index in [0.717, 1.165) is 10.5 Å². The van der Waals surface area contributed by atoms with Crippen LogP contribution in [0.1, 0.15) is 32.8 Å². The molecule has 0 spiro atoms. The second kappa shape index (κ2) is 6.83. The van der Waals surface area contributed by atoms with E-state index in [0.29, 0.717) is 6.54 Å². The molecule has 0 bridgehead atoms. The second-order valence-electron chi connectivity index (χ2n) is 6.87. The Labute approximate surface area is 135 Å². The summed E-state index contributed by atoms with van der Waals surface area (Å²) in [5.74, 6) is -2.98. The van der Waals surface area contributed by atoms with E-state index in [-0.39, 0.29) is 13.0 Å². The highest BCUT2D eigenvalue weighted by Crippen LogP contribution is 2.28. The topological polar surface area (TPSA) is 41.6 Å². The summed E-state index contributed by atoms with van der Waals surface area (Å²) >= 11 is 0. The van der Waals surface area contributed by atoms with Crippen LogP contribution in [-0.4, -0.2) is 41.6 Å². The van der Waals surface area contributed by atoms with Crippen molar-refractivity contribution in [3.63, 3.8) is 0 Å². The van der Waals surface area contributed by atoms with Crippen molar-refractivity contribution in [1.29, 1.82) is 0 Å². The quantitative estimate of drug-likeness (QED) is 0.925. The number of nitrogens with one attached hydrogen (secondary N) is 1. The minimum Gasteiger partial charge on any atom is -0.444 e. The fraction of sp³-hybridized carbons (Fsp3) is 0.588. The lowest BCUT2D eigenvalue weighted by atomic mass is 10.0. The number of piperidine rings is 1. The van der Waals surface area contributed by atoms with Crippen molar-refractivity contribution in [3.8, 4) is 0 Å². The van der Waals surface area contributed by atoms with Crippen molar-refractivity contribution in [2.24, 2.45) is 0 Å². The van der Waals surface area contributed by atoms with Crippen LogP contribution < -0.4 is 5.32 Å². The molecule has 1 aliphatic rings. The zero-order valence-corrected chi connectivity index (χ0v) is 13.8. The van der Waals surface area contributed by atoms with Crippen LogP contribution >= 0.6 is 0 Å². The zero-order valence-electron chi connectivity index (χ0n) is 13.8. The van der Waals surface area contributed by atoms with E-state index in [1.165, 1.54) is 0 Å². The first-order valence-corrected chi connectivity index (χ1v) is 7.80. The van der Waals surface area contributed by atoms with Crippen molar-refractivity contribution in [1.82, 2.24) is 10.2 Å². The van der Waals surface area contributed by atoms with E-state index < -0.39 is 30.2 Å². The summed E-state index contributed by atoms with van der Waals surface area (Å²) in [5.41, 5.74) is 0.271. The minimum atomic E-state index is -2.98. The Hall–Kier alpha value is -1.69. The van der Waals surface area contributed by atoms with Gasteiger partial charge in [0, 0.05) is 13.1 Å². The highest BCUT2D eigenvalue weighted by atomic mass is 19.3. The van der Waals surface area contributed by atoms with Crippen LogP contribution in [-0.2, 0) is 11.3 Å². The minimum absolute atomic E-state index is 0.194. The van der Waals surface area contributed by atoms with Crippen molar-refractivity contribution >= 4 is 6.09 Å². The Morgan fingerprint density at radius 2 is 2.00 bits per heavy atom. The van der Waals surface area contributed by atoms with Gasteiger partial charge in [-0.2, -0.15) is 0 Å². The summed E-state index contributed by atoms with van der Waals surface area (Å²) in [6.07, 6.45) is -0.488. The number of alkyl halides is 2. The first-order chi connectivity index (χ1) is 10.7. The molecule has 1 fully saturated rings. The van der Waals surface area contributed by atoms with Crippen LogP contribution in [0.4, 0.5) is 13.6 Å². The number of amides is 1. The van der Waals surface area contributed by atoms with Gasteiger partial charge in [-0.3, -0.25) is 0 Å². The number of hydrogen-bond acceptors (Lipinski definition) is 3. The Morgan fingerprint density at radius 3 is 2.57 bits per heavy atom. The van der Waals surface area contributed by atoms with Gasteiger partial charge in [0.25, 0.3) is 5.92 Å². The van der Waals surface area contributed by atoms with E-state index >= 15 is 0 Å². The van der Waals surface area contributed by atoms with Crippen LogP contribution in [0.3, 0.4) is 0 Å². The van der Waals surface area contributed by atoms with Crippen LogP contribution in [0.15, 0.2) is 30.3 Å². The fourth-order valence-corrected chi connectivity index (χ4v) is 2.51. The molecule has 1 N–H and O–H groups in total. The molecule has 1 aliphatic heterocycles. The molecule has 0 unspecified atom stereocenters. The third kappa shape index (κ3) is 5.16. The predicted octanol–water partition coefficient (Wildman–Crippen LogP) is 3.42. The number of rotatable bonds is 3. The largest absolute Gasteiger partial charge is 0.444 e. The first kappa shape index (κ1) is 17.7. The lowest BCUT2D eigenvalue weighted by Crippen LogP contribution is -2.58. The van der Waals surface area contributed by atoms with Crippen LogP contribution in [0, 0.1) is 0 Å². The third-order valence-corrected chi connectivity index (χ3v) is 3.65. The summed E-state index contributed by atoms with van der Waals surface area (Å²) in [6.45, 7) is 5.19. The Morgan fingerprint density at radius 1 is 1.35 bits per heavy atom. The normalized spacial score (nSPS) is 21.1. The molecule has 0 aliphatic carbocycles. The predicted molar refractivity (Wildman–Crippen MR) is 84.4 cm³/mol. The van der Waals surface area contributed by atoms with E-state index in [1.54, 1.807) is 20.8 Å². The fourth-order valence-electron chi connectivity index (χ4n) is 2.51. The molecule has 1 aromatic carbocycles. The van der Waals surface area contributed by atoms with Gasteiger partial charge in [-0.1, -0.05) is 30.3 Å². The van der Waals surface area contributed by atoms with Crippen molar-refractivity contribution < 1.29 is 18.3 Å². The van der Waals surface area contributed by atoms with Crippen molar-refractivity contribution in [2.75, 3.05) is 13.1 Å². The molecule has 0 aromatic heterocycles. The molecule has 2 rings (SSSR count). The van der Waals surface area contributed by atoms with Gasteiger partial charge < -0.3 is 15.0 Å². The van der Waals surface area contributed by atoms with Crippen molar-refractivity contribution in [2.45, 2.75) is 51.3 Å². The number of carbonyl (C=O) groups excluding carboxylic acids is 1. The standard InChI is InChI=1S/C17H24F2N2O2/c1-16(2,3)23-15(22)21-10-9-14(17(18,19)12-21)20-11-13-7-5-4-6-8-13/h4-8,14,20H,9-12H2,1-3H3/t14-/m1/s1. The monoisotopic (exact) mass is 326 g/mol. The number of ether oxygens (including phenoxy) is 1. The molecule has 1 saturated heterocycles. The molecular weight excluding hydrogens is 302 g/mol. The third-order valence-electron chi connectivity index (χ3n) is 3.65. The molecule has 1 amide bonds. The van der Waals surface area contributed by atoms with Gasteiger partial charge in [-0.15, -0.1) is 0 Å². The highest BCUT2D eigenvalue weighted by molar-refractivity contribution is 5.68. The number of benzene rings is 1. The van der Waals surface area contributed by atoms with Gasteiger partial charge in [0.15, 0.2) is 0 Å². The van der Waals surface area contributed by atoms with Gasteiger partial charge in [0.05, 0.1) is 12.6 Å². The number of hydrogen-bond donors (Lipinski definition) is 1. The molecule has 1 heterocycles. The summed E-state index contributed by atoms with van der Waals surface area (Å²) < 4.78 is 33.8. The van der Waals surface area contributed by atoms with Gasteiger partial charge in [0.1, 0.15) is 5.60 Å². The summed E-state index contributed by atoms with van der Waals surface area (Å²) in [7, 11) is 0. The summed E-state index contributed by atoms with van der Waals surface area (Å²) in [5, 5.41) is 2.91. The maximum absolute atomic E-state index is 14.3. The molecule has 0 saturated carbocycles. The SMILES string of the molecule is CC(C)(C)OC(=O)N1CC[C@@H](NCc2ccccc2)C(F)(F)C1. The van der Waals surface area contributed by atoms with Crippen LogP contribution in [0.2, 0.25) is 0 Å². The lowest BCUT2D eigenvalue weighted by molar-refractivity contribution is -0.0918. The average Bonchev–Trinajstić information content (AvgIpc) is 2.44. The molecule has 6 heteroatoms. The van der Waals surface area contributed by atoms with Crippen LogP contribution in [0.25, 0.3) is 0 Å². The molecule has 4 nitrogen and oxygen atoms in total. The maximum Gasteiger partial charge on any atom is 0.410 e. The Bertz CT molecular complexity index is 529. The highest BCUT2D eigenvalue weighted by Gasteiger charge is 2.46. The summed E-state index contributed by atoms with van der Waals surface area (Å²) in [4.78, 5) is 13.0. The van der Waals surface area contributed by atoms with E-state index in [1.807, 2.05) is 30.3 Å². The number of nitrogens with zero attached hydrogens (tertiary/aromatic N) is 1. The number of carbonyl (C=O) groups is 1. The maximum atomic E-state index is 14.3. The van der Waals surface area contributed by atoms with E-state index in [2.05, 4.69) is 5.32 Å². The first-order valence-electron chi connectivity index (χ1n) is 7.80. The molecular formula is C17H24F2N2O2. The Kier molecular flexibility index (Phi) is 5.24. The lowest BCUT2D eigenvalue weighted by Gasteiger charge is -2.39. The summed E-state index contributed by atoms with van der Waals surface area (Å²) in [6, 6.07) is 8.47. The second-order valence-corrected chi connectivity index (χ2v) is 6.87. The average molecular weight is 326 g/mol. The van der Waals surface area contributed by atoms with Gasteiger partial charge in [-0.05, 0) is 32.8 Å². The van der Waals surface area contributed by atoms with Gasteiger partial charge in [-0.25, -0.2) is 13.6 Å². The van der Waals surface area contributed by atoms with Gasteiger partial charge in [0.2, 0.25) is 0 Å².